The summed E-state index contributed by atoms with van der Waals surface area (Å²) in [6, 6.07) is 4.66. The van der Waals surface area contributed by atoms with E-state index in [1.54, 1.807) is 6.07 Å². The molecule has 0 radical (unpaired) electrons. The minimum Gasteiger partial charge on any atom is -0.477 e. The van der Waals surface area contributed by atoms with Crippen LogP contribution in [0.15, 0.2) is 18.2 Å². The van der Waals surface area contributed by atoms with Gasteiger partial charge in [0.25, 0.3) is 0 Å². The number of nitro groups is 1. The second kappa shape index (κ2) is 6.53. The topological polar surface area (TPSA) is 95.7 Å². The molecule has 1 saturated heterocycles. The van der Waals surface area contributed by atoms with E-state index in [4.69, 9.17) is 5.11 Å². The van der Waals surface area contributed by atoms with Crippen molar-refractivity contribution in [1.82, 2.24) is 4.90 Å². The summed E-state index contributed by atoms with van der Waals surface area (Å²) in [5.41, 5.74) is -0.391. The Morgan fingerprint density at radius 1 is 1.57 bits per heavy atom. The maximum atomic E-state index is 11.2. The molecule has 1 aromatic rings. The van der Waals surface area contributed by atoms with Crippen LogP contribution >= 0.6 is 0 Å². The molecule has 1 aromatic carbocycles. The van der Waals surface area contributed by atoms with Crippen LogP contribution in [0.25, 0.3) is 0 Å². The van der Waals surface area contributed by atoms with Crippen LogP contribution < -0.4 is 5.32 Å². The van der Waals surface area contributed by atoms with E-state index in [-0.39, 0.29) is 16.9 Å². The van der Waals surface area contributed by atoms with Crippen LogP contribution in [-0.2, 0) is 0 Å². The van der Waals surface area contributed by atoms with Gasteiger partial charge in [0, 0.05) is 12.6 Å². The molecule has 7 heteroatoms. The average molecular weight is 293 g/mol. The van der Waals surface area contributed by atoms with Crippen LogP contribution in [0.5, 0.6) is 0 Å². The first-order chi connectivity index (χ1) is 10.0. The zero-order valence-corrected chi connectivity index (χ0v) is 11.9. The molecule has 0 bridgehead atoms. The van der Waals surface area contributed by atoms with Crippen molar-refractivity contribution in [2.45, 2.75) is 25.8 Å². The number of hydrogen-bond acceptors (Lipinski definition) is 5. The van der Waals surface area contributed by atoms with E-state index in [0.717, 1.165) is 25.9 Å². The molecule has 0 spiro atoms. The first-order valence-corrected chi connectivity index (χ1v) is 7.03. The van der Waals surface area contributed by atoms with E-state index in [0.29, 0.717) is 12.6 Å². The van der Waals surface area contributed by atoms with Gasteiger partial charge in [0.2, 0.25) is 0 Å². The van der Waals surface area contributed by atoms with Gasteiger partial charge < -0.3 is 10.4 Å². The average Bonchev–Trinajstić information content (AvgIpc) is 2.91. The predicted octanol–water partition coefficient (Wildman–Crippen LogP) is 2.19. The predicted molar refractivity (Wildman–Crippen MR) is 78.8 cm³/mol. The number of benzene rings is 1. The Hall–Kier alpha value is -2.15. The Morgan fingerprint density at radius 3 is 2.95 bits per heavy atom. The number of anilines is 1. The van der Waals surface area contributed by atoms with Crippen molar-refractivity contribution >= 4 is 17.3 Å². The van der Waals surface area contributed by atoms with E-state index in [1.807, 2.05) is 0 Å². The van der Waals surface area contributed by atoms with Gasteiger partial charge in [-0.3, -0.25) is 15.0 Å². The maximum absolute atomic E-state index is 11.2. The van der Waals surface area contributed by atoms with Crippen molar-refractivity contribution in [1.29, 1.82) is 0 Å². The molecule has 2 N–H and O–H groups in total. The van der Waals surface area contributed by atoms with Gasteiger partial charge in [-0.25, -0.2) is 4.79 Å². The third-order valence-electron chi connectivity index (χ3n) is 3.88. The number of hydrogen-bond donors (Lipinski definition) is 2. The number of rotatable bonds is 6. The van der Waals surface area contributed by atoms with E-state index in [9.17, 15) is 14.9 Å². The van der Waals surface area contributed by atoms with Gasteiger partial charge in [-0.15, -0.1) is 0 Å². The summed E-state index contributed by atoms with van der Waals surface area (Å²) < 4.78 is 0. The van der Waals surface area contributed by atoms with Crippen LogP contribution in [0.2, 0.25) is 0 Å². The number of nitrogens with zero attached hydrogens (tertiary/aromatic N) is 2. The third kappa shape index (κ3) is 3.30. The number of carboxylic acid groups (broad SMARTS) is 1. The lowest BCUT2D eigenvalue weighted by Gasteiger charge is -2.23. The Bertz CT molecular complexity index is 547. The smallest absolute Gasteiger partial charge is 0.342 e. The van der Waals surface area contributed by atoms with Crippen molar-refractivity contribution in [2.75, 3.05) is 25.0 Å². The van der Waals surface area contributed by atoms with Crippen LogP contribution in [0.1, 0.15) is 30.1 Å². The van der Waals surface area contributed by atoms with Crippen LogP contribution in [0.4, 0.5) is 11.4 Å². The molecule has 1 aliphatic rings. The number of nitrogens with one attached hydrogen (secondary N) is 1. The Labute approximate surface area is 122 Å². The monoisotopic (exact) mass is 293 g/mol. The number of nitro benzene ring substituents is 1. The highest BCUT2D eigenvalue weighted by molar-refractivity contribution is 5.95. The lowest BCUT2D eigenvalue weighted by atomic mass is 10.1. The summed E-state index contributed by atoms with van der Waals surface area (Å²) in [6.07, 6.45) is 2.17. The quantitative estimate of drug-likeness (QED) is 0.616. The van der Waals surface area contributed by atoms with Gasteiger partial charge in [0.15, 0.2) is 0 Å². The first kappa shape index (κ1) is 15.2. The van der Waals surface area contributed by atoms with Gasteiger partial charge in [-0.1, -0.05) is 13.0 Å². The molecule has 2 rings (SSSR count). The molecule has 0 aromatic heterocycles. The van der Waals surface area contributed by atoms with Crippen molar-refractivity contribution in [3.8, 4) is 0 Å². The van der Waals surface area contributed by atoms with Crippen LogP contribution in [0, 0.1) is 10.1 Å². The lowest BCUT2D eigenvalue weighted by Crippen LogP contribution is -2.34. The zero-order valence-electron chi connectivity index (χ0n) is 11.9. The summed E-state index contributed by atoms with van der Waals surface area (Å²) in [7, 11) is 0. The van der Waals surface area contributed by atoms with Gasteiger partial charge >= 0.3 is 11.7 Å². The van der Waals surface area contributed by atoms with E-state index < -0.39 is 10.9 Å². The van der Waals surface area contributed by atoms with E-state index >= 15 is 0 Å². The number of carboxylic acids is 1. The molecule has 21 heavy (non-hydrogen) atoms. The fourth-order valence-electron chi connectivity index (χ4n) is 2.83. The van der Waals surface area contributed by atoms with Crippen LogP contribution in [0.3, 0.4) is 0 Å². The summed E-state index contributed by atoms with van der Waals surface area (Å²) in [5.74, 6) is -1.29. The number of aromatic carboxylic acids is 1. The van der Waals surface area contributed by atoms with Gasteiger partial charge in [-0.05, 0) is 38.1 Å². The van der Waals surface area contributed by atoms with Crippen LogP contribution in [-0.4, -0.2) is 46.6 Å². The van der Waals surface area contributed by atoms with Gasteiger partial charge in [0.05, 0.1) is 4.92 Å². The summed E-state index contributed by atoms with van der Waals surface area (Å²) in [4.78, 5) is 23.9. The highest BCUT2D eigenvalue weighted by Crippen LogP contribution is 2.29. The fraction of sp³-hybridized carbons (Fsp3) is 0.500. The molecule has 7 nitrogen and oxygen atoms in total. The number of carbonyl (C=O) groups is 1. The van der Waals surface area contributed by atoms with E-state index in [1.165, 1.54) is 12.1 Å². The zero-order chi connectivity index (χ0) is 15.4. The molecule has 1 fully saturated rings. The fourth-order valence-corrected chi connectivity index (χ4v) is 2.83. The standard InChI is InChI=1S/C14H19N3O4/c1-2-16-8-4-5-10(16)9-15-12-7-3-6-11(14(18)19)13(12)17(20)21/h3,6-7,10,15H,2,4-5,8-9H2,1H3,(H,18,19). The highest BCUT2D eigenvalue weighted by Gasteiger charge is 2.26. The highest BCUT2D eigenvalue weighted by atomic mass is 16.6. The number of likely N-dealkylation sites (N-methyl/N-ethyl adjacent to an activating group) is 1. The summed E-state index contributed by atoms with van der Waals surface area (Å²) in [5, 5.41) is 23.3. The van der Waals surface area contributed by atoms with Gasteiger partial charge in [0.1, 0.15) is 11.3 Å². The molecule has 114 valence electrons. The maximum Gasteiger partial charge on any atom is 0.342 e. The number of likely N-dealkylation sites (tertiary alicyclic amines) is 1. The SMILES string of the molecule is CCN1CCCC1CNc1cccc(C(=O)O)c1[N+](=O)[O-]. The van der Waals surface area contributed by atoms with Gasteiger partial charge in [-0.2, -0.15) is 0 Å². The van der Waals surface area contributed by atoms with Crippen molar-refractivity contribution < 1.29 is 14.8 Å². The molecule has 0 aliphatic carbocycles. The van der Waals surface area contributed by atoms with Crippen molar-refractivity contribution in [2.24, 2.45) is 0 Å². The van der Waals surface area contributed by atoms with Crippen molar-refractivity contribution in [3.63, 3.8) is 0 Å². The molecular formula is C14H19N3O4. The van der Waals surface area contributed by atoms with E-state index in [2.05, 4.69) is 17.1 Å². The lowest BCUT2D eigenvalue weighted by molar-refractivity contribution is -0.384. The first-order valence-electron chi connectivity index (χ1n) is 7.03. The Morgan fingerprint density at radius 2 is 2.33 bits per heavy atom. The molecule has 0 amide bonds. The third-order valence-corrected chi connectivity index (χ3v) is 3.88. The van der Waals surface area contributed by atoms with Crippen molar-refractivity contribution in [3.05, 3.63) is 33.9 Å². The molecular weight excluding hydrogens is 274 g/mol. The minimum absolute atomic E-state index is 0.267. The number of para-hydroxylation sites is 1. The Balaban J connectivity index is 2.18. The molecule has 1 unspecified atom stereocenters. The molecule has 1 heterocycles. The normalized spacial score (nSPS) is 18.6. The summed E-state index contributed by atoms with van der Waals surface area (Å²) >= 11 is 0. The minimum atomic E-state index is -1.29. The second-order valence-electron chi connectivity index (χ2n) is 5.07. The largest absolute Gasteiger partial charge is 0.477 e. The molecule has 0 saturated carbocycles. The molecule has 1 atom stereocenters. The summed E-state index contributed by atoms with van der Waals surface area (Å²) in [6.45, 7) is 4.66. The second-order valence-corrected chi connectivity index (χ2v) is 5.07. The Kier molecular flexibility index (Phi) is 4.74. The molecule has 1 aliphatic heterocycles.